The number of rotatable bonds is 7. The lowest BCUT2D eigenvalue weighted by molar-refractivity contribution is 0.299. The van der Waals surface area contributed by atoms with Gasteiger partial charge in [0.1, 0.15) is 9.84 Å². The van der Waals surface area contributed by atoms with Gasteiger partial charge in [0, 0.05) is 12.7 Å². The number of hydrogen-bond acceptors (Lipinski definition) is 6. The van der Waals surface area contributed by atoms with Crippen LogP contribution in [0, 0.1) is 0 Å². The van der Waals surface area contributed by atoms with E-state index >= 15 is 0 Å². The van der Waals surface area contributed by atoms with Gasteiger partial charge in [0.15, 0.2) is 5.82 Å². The van der Waals surface area contributed by atoms with Gasteiger partial charge in [-0.2, -0.15) is 4.98 Å². The van der Waals surface area contributed by atoms with Crippen LogP contribution in [0.5, 0.6) is 0 Å². The van der Waals surface area contributed by atoms with E-state index in [4.69, 9.17) is 4.52 Å². The fraction of sp³-hybridized carbons (Fsp3) is 0.846. The Hall–Kier alpha value is -0.950. The topological polar surface area (TPSA) is 85.1 Å². The molecule has 1 heterocycles. The van der Waals surface area contributed by atoms with Crippen molar-refractivity contribution < 1.29 is 12.9 Å². The third-order valence-electron chi connectivity index (χ3n) is 3.81. The van der Waals surface area contributed by atoms with Gasteiger partial charge >= 0.3 is 0 Å². The Morgan fingerprint density at radius 3 is 2.60 bits per heavy atom. The third-order valence-corrected chi connectivity index (χ3v) is 4.84. The Labute approximate surface area is 120 Å². The van der Waals surface area contributed by atoms with Crippen molar-refractivity contribution in [1.82, 2.24) is 15.5 Å². The first-order chi connectivity index (χ1) is 9.45. The summed E-state index contributed by atoms with van der Waals surface area (Å²) in [6.07, 6.45) is 6.84. The summed E-state index contributed by atoms with van der Waals surface area (Å²) in [7, 11) is -2.89. The molecule has 0 unspecified atom stereocenters. The summed E-state index contributed by atoms with van der Waals surface area (Å²) in [5.41, 5.74) is -0.228. The van der Waals surface area contributed by atoms with E-state index in [0.717, 1.165) is 37.9 Å². The molecule has 1 aliphatic carbocycles. The van der Waals surface area contributed by atoms with Crippen LogP contribution >= 0.6 is 0 Å². The molecule has 1 fully saturated rings. The molecule has 0 aliphatic heterocycles. The van der Waals surface area contributed by atoms with Crippen molar-refractivity contribution >= 4 is 9.84 Å². The standard InChI is InChI=1S/C13H23N3O3S/c1-3-11-15-12(16-19-11)13(7-4-5-8-13)14-9-6-10-20(2,17)18/h14H,3-10H2,1-2H3. The number of nitrogens with one attached hydrogen (secondary N) is 1. The lowest BCUT2D eigenvalue weighted by Crippen LogP contribution is -2.41. The molecule has 1 N–H and O–H groups in total. The van der Waals surface area contributed by atoms with Gasteiger partial charge in [0.25, 0.3) is 0 Å². The van der Waals surface area contributed by atoms with E-state index in [-0.39, 0.29) is 11.3 Å². The summed E-state index contributed by atoms with van der Waals surface area (Å²) in [6, 6.07) is 0. The van der Waals surface area contributed by atoms with Crippen molar-refractivity contribution in [1.29, 1.82) is 0 Å². The summed E-state index contributed by atoms with van der Waals surface area (Å²) in [5, 5.41) is 7.57. The van der Waals surface area contributed by atoms with Crippen LogP contribution in [0.15, 0.2) is 4.52 Å². The molecule has 0 radical (unpaired) electrons. The number of sulfone groups is 1. The number of aromatic nitrogens is 2. The summed E-state index contributed by atoms with van der Waals surface area (Å²) < 4.78 is 27.5. The van der Waals surface area contributed by atoms with Crippen LogP contribution in [0.25, 0.3) is 0 Å². The van der Waals surface area contributed by atoms with Gasteiger partial charge < -0.3 is 9.84 Å². The minimum absolute atomic E-state index is 0.211. The average molecular weight is 301 g/mol. The Morgan fingerprint density at radius 1 is 1.35 bits per heavy atom. The Balaban J connectivity index is 1.99. The van der Waals surface area contributed by atoms with Gasteiger partial charge in [-0.15, -0.1) is 0 Å². The second-order valence-corrected chi connectivity index (χ2v) is 7.82. The highest BCUT2D eigenvalue weighted by Gasteiger charge is 2.39. The fourth-order valence-corrected chi connectivity index (χ4v) is 3.38. The molecule has 1 aromatic rings. The molecular formula is C13H23N3O3S. The van der Waals surface area contributed by atoms with Crippen molar-refractivity contribution in [2.24, 2.45) is 0 Å². The fourth-order valence-electron chi connectivity index (χ4n) is 2.71. The average Bonchev–Trinajstić information content (AvgIpc) is 3.03. The highest BCUT2D eigenvalue weighted by molar-refractivity contribution is 7.90. The van der Waals surface area contributed by atoms with Gasteiger partial charge in [0.2, 0.25) is 5.89 Å². The van der Waals surface area contributed by atoms with Crippen LogP contribution in [0.3, 0.4) is 0 Å². The third kappa shape index (κ3) is 3.79. The number of aryl methyl sites for hydroxylation is 1. The van der Waals surface area contributed by atoms with Gasteiger partial charge in [-0.3, -0.25) is 0 Å². The molecule has 0 spiro atoms. The van der Waals surface area contributed by atoms with Crippen LogP contribution in [0.2, 0.25) is 0 Å². The molecule has 0 atom stereocenters. The van der Waals surface area contributed by atoms with Crippen LogP contribution in [0.1, 0.15) is 50.7 Å². The lowest BCUT2D eigenvalue weighted by Gasteiger charge is -2.26. The van der Waals surface area contributed by atoms with Crippen molar-refractivity contribution in [3.63, 3.8) is 0 Å². The second-order valence-electron chi connectivity index (χ2n) is 5.56. The predicted molar refractivity (Wildman–Crippen MR) is 76.2 cm³/mol. The highest BCUT2D eigenvalue weighted by Crippen LogP contribution is 2.37. The zero-order chi connectivity index (χ0) is 14.6. The zero-order valence-electron chi connectivity index (χ0n) is 12.2. The first kappa shape index (κ1) is 15.4. The van der Waals surface area contributed by atoms with Crippen LogP contribution < -0.4 is 5.32 Å². The Morgan fingerprint density at radius 2 is 2.05 bits per heavy atom. The van der Waals surface area contributed by atoms with Gasteiger partial charge in [-0.1, -0.05) is 24.9 Å². The maximum absolute atomic E-state index is 11.2. The Bertz CT molecular complexity index is 533. The smallest absolute Gasteiger partial charge is 0.226 e. The predicted octanol–water partition coefficient (Wildman–Crippen LogP) is 1.43. The van der Waals surface area contributed by atoms with Gasteiger partial charge in [-0.05, 0) is 25.8 Å². The molecule has 6 nitrogen and oxygen atoms in total. The molecule has 2 rings (SSSR count). The van der Waals surface area contributed by atoms with Crippen molar-refractivity contribution in [2.45, 2.75) is 51.0 Å². The number of nitrogens with zero attached hydrogens (tertiary/aromatic N) is 2. The van der Waals surface area contributed by atoms with E-state index in [9.17, 15) is 8.42 Å². The summed E-state index contributed by atoms with van der Waals surface area (Å²) in [5.74, 6) is 1.60. The van der Waals surface area contributed by atoms with Crippen molar-refractivity contribution in [3.05, 3.63) is 11.7 Å². The minimum Gasteiger partial charge on any atom is -0.339 e. The zero-order valence-corrected chi connectivity index (χ0v) is 13.0. The van der Waals surface area contributed by atoms with Crippen LogP contribution in [-0.2, 0) is 21.8 Å². The molecule has 114 valence electrons. The van der Waals surface area contributed by atoms with Crippen LogP contribution in [0.4, 0.5) is 0 Å². The molecule has 0 amide bonds. The first-order valence-electron chi connectivity index (χ1n) is 7.21. The SMILES string of the molecule is CCc1nc(C2(NCCCS(C)(=O)=O)CCCC2)no1. The molecule has 0 bridgehead atoms. The summed E-state index contributed by atoms with van der Waals surface area (Å²) in [6.45, 7) is 2.64. The second kappa shape index (κ2) is 6.22. The maximum Gasteiger partial charge on any atom is 0.226 e. The highest BCUT2D eigenvalue weighted by atomic mass is 32.2. The minimum atomic E-state index is -2.89. The maximum atomic E-state index is 11.2. The lowest BCUT2D eigenvalue weighted by atomic mass is 9.96. The molecule has 20 heavy (non-hydrogen) atoms. The molecular weight excluding hydrogens is 278 g/mol. The summed E-state index contributed by atoms with van der Waals surface area (Å²) >= 11 is 0. The van der Waals surface area contributed by atoms with Gasteiger partial charge in [-0.25, -0.2) is 8.42 Å². The van der Waals surface area contributed by atoms with Crippen molar-refractivity contribution in [3.8, 4) is 0 Å². The van der Waals surface area contributed by atoms with E-state index in [1.807, 2.05) is 6.92 Å². The molecule has 7 heteroatoms. The van der Waals surface area contributed by atoms with E-state index in [1.165, 1.54) is 6.26 Å². The molecule has 0 saturated heterocycles. The number of hydrogen-bond donors (Lipinski definition) is 1. The van der Waals surface area contributed by atoms with Crippen molar-refractivity contribution in [2.75, 3.05) is 18.6 Å². The largest absolute Gasteiger partial charge is 0.339 e. The van der Waals surface area contributed by atoms with E-state index in [0.29, 0.717) is 18.9 Å². The quantitative estimate of drug-likeness (QED) is 0.767. The Kier molecular flexibility index (Phi) is 4.80. The molecule has 1 aromatic heterocycles. The van der Waals surface area contributed by atoms with Crippen LogP contribution in [-0.4, -0.2) is 37.1 Å². The monoisotopic (exact) mass is 301 g/mol. The molecule has 0 aromatic carbocycles. The van der Waals surface area contributed by atoms with E-state index < -0.39 is 9.84 Å². The van der Waals surface area contributed by atoms with Gasteiger partial charge in [0.05, 0.1) is 11.3 Å². The van der Waals surface area contributed by atoms with E-state index in [1.54, 1.807) is 0 Å². The normalized spacial score (nSPS) is 18.5. The summed E-state index contributed by atoms with van der Waals surface area (Å²) in [4.78, 5) is 4.45. The van der Waals surface area contributed by atoms with E-state index in [2.05, 4.69) is 15.5 Å². The first-order valence-corrected chi connectivity index (χ1v) is 9.27. The molecule has 1 aliphatic rings. The molecule has 1 saturated carbocycles.